The molecule has 0 aromatic heterocycles. The van der Waals surface area contributed by atoms with Crippen LogP contribution in [0, 0.1) is 16.7 Å². The van der Waals surface area contributed by atoms with Gasteiger partial charge in [-0.25, -0.2) is 0 Å². The standard InChI is InChI=1S/C10H9N3O/c11-5-8-1-3-9(4-2-8)7-13-10(14)6-12/h1-4,6,12H,7H2,(H,13,14). The van der Waals surface area contributed by atoms with Crippen LogP contribution >= 0.6 is 0 Å². The number of carbonyl (C=O) groups is 1. The molecule has 1 amide bonds. The number of nitrogens with zero attached hydrogens (tertiary/aromatic N) is 1. The molecule has 70 valence electrons. The Morgan fingerprint density at radius 1 is 1.50 bits per heavy atom. The molecule has 2 N–H and O–H groups in total. The summed E-state index contributed by atoms with van der Waals surface area (Å²) in [6.45, 7) is 0.375. The molecular weight excluding hydrogens is 178 g/mol. The highest BCUT2D eigenvalue weighted by Gasteiger charge is 1.96. The van der Waals surface area contributed by atoms with Crippen molar-refractivity contribution in [3.05, 3.63) is 35.4 Å². The highest BCUT2D eigenvalue weighted by atomic mass is 16.1. The Labute approximate surface area is 81.7 Å². The second-order valence-corrected chi connectivity index (χ2v) is 2.67. The molecule has 0 aliphatic rings. The van der Waals surface area contributed by atoms with Crippen LogP contribution in [-0.4, -0.2) is 12.1 Å². The van der Waals surface area contributed by atoms with Crippen molar-refractivity contribution in [3.63, 3.8) is 0 Å². The smallest absolute Gasteiger partial charge is 0.261 e. The quantitative estimate of drug-likeness (QED) is 0.687. The minimum absolute atomic E-state index is 0.375. The van der Waals surface area contributed by atoms with E-state index in [1.54, 1.807) is 24.3 Å². The van der Waals surface area contributed by atoms with E-state index >= 15 is 0 Å². The van der Waals surface area contributed by atoms with Gasteiger partial charge in [0.15, 0.2) is 0 Å². The third-order valence-corrected chi connectivity index (χ3v) is 1.68. The minimum Gasteiger partial charge on any atom is -0.347 e. The largest absolute Gasteiger partial charge is 0.347 e. The normalized spacial score (nSPS) is 8.79. The number of benzene rings is 1. The van der Waals surface area contributed by atoms with Crippen LogP contribution in [0.15, 0.2) is 24.3 Å². The van der Waals surface area contributed by atoms with Crippen LogP contribution in [0.2, 0.25) is 0 Å². The van der Waals surface area contributed by atoms with E-state index in [4.69, 9.17) is 10.7 Å². The topological polar surface area (TPSA) is 76.7 Å². The Morgan fingerprint density at radius 2 is 2.14 bits per heavy atom. The highest BCUT2D eigenvalue weighted by Crippen LogP contribution is 2.02. The molecule has 0 bridgehead atoms. The summed E-state index contributed by atoms with van der Waals surface area (Å²) in [6, 6.07) is 8.91. The second-order valence-electron chi connectivity index (χ2n) is 2.67. The Morgan fingerprint density at radius 3 is 2.64 bits per heavy atom. The number of carbonyl (C=O) groups excluding carboxylic acids is 1. The number of hydrogen-bond donors (Lipinski definition) is 2. The molecule has 0 spiro atoms. The van der Waals surface area contributed by atoms with Gasteiger partial charge < -0.3 is 10.7 Å². The molecule has 4 heteroatoms. The van der Waals surface area contributed by atoms with Gasteiger partial charge in [-0.15, -0.1) is 0 Å². The summed E-state index contributed by atoms with van der Waals surface area (Å²) in [5, 5.41) is 17.7. The van der Waals surface area contributed by atoms with Gasteiger partial charge in [0, 0.05) is 6.54 Å². The van der Waals surface area contributed by atoms with Crippen molar-refractivity contribution < 1.29 is 4.79 Å². The van der Waals surface area contributed by atoms with Gasteiger partial charge in [-0.3, -0.25) is 4.79 Å². The molecule has 0 saturated carbocycles. The maximum atomic E-state index is 10.7. The van der Waals surface area contributed by atoms with Gasteiger partial charge in [0.05, 0.1) is 17.8 Å². The fourth-order valence-corrected chi connectivity index (χ4v) is 0.937. The van der Waals surface area contributed by atoms with Crippen LogP contribution in [-0.2, 0) is 11.3 Å². The summed E-state index contributed by atoms with van der Waals surface area (Å²) in [5.41, 5.74) is 1.49. The van der Waals surface area contributed by atoms with Gasteiger partial charge in [0.1, 0.15) is 0 Å². The first-order valence-electron chi connectivity index (χ1n) is 4.03. The van der Waals surface area contributed by atoms with Gasteiger partial charge in [-0.1, -0.05) is 12.1 Å². The van der Waals surface area contributed by atoms with E-state index in [1.165, 1.54) is 0 Å². The molecule has 14 heavy (non-hydrogen) atoms. The van der Waals surface area contributed by atoms with Crippen LogP contribution in [0.4, 0.5) is 0 Å². The van der Waals surface area contributed by atoms with Crippen LogP contribution in [0.3, 0.4) is 0 Å². The molecule has 4 nitrogen and oxygen atoms in total. The van der Waals surface area contributed by atoms with Crippen LogP contribution in [0.25, 0.3) is 0 Å². The highest BCUT2D eigenvalue weighted by molar-refractivity contribution is 6.24. The number of nitrogens with one attached hydrogen (secondary N) is 2. The summed E-state index contributed by atoms with van der Waals surface area (Å²) in [4.78, 5) is 10.7. The van der Waals surface area contributed by atoms with E-state index in [-0.39, 0.29) is 0 Å². The lowest BCUT2D eigenvalue weighted by Crippen LogP contribution is -2.23. The zero-order valence-corrected chi connectivity index (χ0v) is 7.45. The number of amides is 1. The maximum Gasteiger partial charge on any atom is 0.261 e. The molecule has 0 saturated heterocycles. The predicted octanol–water partition coefficient (Wildman–Crippen LogP) is 0.824. The molecule has 1 rings (SSSR count). The van der Waals surface area contributed by atoms with E-state index in [0.717, 1.165) is 11.8 Å². The number of rotatable bonds is 3. The van der Waals surface area contributed by atoms with Gasteiger partial charge in [0.25, 0.3) is 5.91 Å². The predicted molar refractivity (Wildman–Crippen MR) is 51.8 cm³/mol. The van der Waals surface area contributed by atoms with Crippen molar-refractivity contribution >= 4 is 12.1 Å². The van der Waals surface area contributed by atoms with Crippen molar-refractivity contribution in [3.8, 4) is 6.07 Å². The Hall–Kier alpha value is -2.15. The third kappa shape index (κ3) is 2.72. The average molecular weight is 187 g/mol. The molecule has 1 aromatic carbocycles. The average Bonchev–Trinajstić information content (AvgIpc) is 2.26. The van der Waals surface area contributed by atoms with Gasteiger partial charge in [-0.2, -0.15) is 5.26 Å². The number of nitriles is 1. The monoisotopic (exact) mass is 187 g/mol. The van der Waals surface area contributed by atoms with Crippen molar-refractivity contribution in [2.75, 3.05) is 0 Å². The lowest BCUT2D eigenvalue weighted by molar-refractivity contribution is -0.114. The zero-order valence-electron chi connectivity index (χ0n) is 7.45. The van der Waals surface area contributed by atoms with Crippen molar-refractivity contribution in [2.45, 2.75) is 6.54 Å². The molecule has 0 heterocycles. The van der Waals surface area contributed by atoms with Crippen LogP contribution in [0.5, 0.6) is 0 Å². The van der Waals surface area contributed by atoms with E-state index in [9.17, 15) is 4.79 Å². The summed E-state index contributed by atoms with van der Waals surface area (Å²) in [6.07, 6.45) is 0.726. The molecule has 0 unspecified atom stereocenters. The first-order valence-corrected chi connectivity index (χ1v) is 4.03. The van der Waals surface area contributed by atoms with Crippen molar-refractivity contribution in [1.82, 2.24) is 5.32 Å². The minimum atomic E-state index is -0.422. The molecule has 0 radical (unpaired) electrons. The number of hydrogen-bond acceptors (Lipinski definition) is 3. The van der Waals surface area contributed by atoms with E-state index in [1.807, 2.05) is 6.07 Å². The SMILES string of the molecule is N#Cc1ccc(CNC(=O)C=N)cc1. The molecule has 0 aliphatic heterocycles. The van der Waals surface area contributed by atoms with Gasteiger partial charge in [-0.05, 0) is 17.7 Å². The van der Waals surface area contributed by atoms with E-state index in [2.05, 4.69) is 5.32 Å². The molecule has 1 aromatic rings. The fraction of sp³-hybridized carbons (Fsp3) is 0.100. The molecule has 0 atom stereocenters. The fourth-order valence-electron chi connectivity index (χ4n) is 0.937. The Balaban J connectivity index is 2.57. The Kier molecular flexibility index (Phi) is 3.39. The van der Waals surface area contributed by atoms with Crippen LogP contribution < -0.4 is 5.32 Å². The zero-order chi connectivity index (χ0) is 10.4. The third-order valence-electron chi connectivity index (χ3n) is 1.68. The van der Waals surface area contributed by atoms with Gasteiger partial charge in [0.2, 0.25) is 0 Å². The summed E-state index contributed by atoms with van der Waals surface area (Å²) >= 11 is 0. The summed E-state index contributed by atoms with van der Waals surface area (Å²) in [5.74, 6) is -0.422. The molecule has 0 aliphatic carbocycles. The van der Waals surface area contributed by atoms with E-state index < -0.39 is 5.91 Å². The summed E-state index contributed by atoms with van der Waals surface area (Å²) < 4.78 is 0. The first-order chi connectivity index (χ1) is 6.76. The maximum absolute atomic E-state index is 10.7. The Bertz CT molecular complexity index is 375. The van der Waals surface area contributed by atoms with Crippen LogP contribution in [0.1, 0.15) is 11.1 Å². The van der Waals surface area contributed by atoms with Crippen molar-refractivity contribution in [2.24, 2.45) is 0 Å². The molecule has 0 fully saturated rings. The second kappa shape index (κ2) is 4.77. The van der Waals surface area contributed by atoms with Crippen molar-refractivity contribution in [1.29, 1.82) is 10.7 Å². The van der Waals surface area contributed by atoms with E-state index in [0.29, 0.717) is 12.1 Å². The van der Waals surface area contributed by atoms with Gasteiger partial charge >= 0.3 is 0 Å². The first kappa shape index (κ1) is 9.93. The lowest BCUT2D eigenvalue weighted by Gasteiger charge is -2.01. The molecular formula is C10H9N3O. The summed E-state index contributed by atoms with van der Waals surface area (Å²) in [7, 11) is 0. The lowest BCUT2D eigenvalue weighted by atomic mass is 10.1.